The third-order valence-electron chi connectivity index (χ3n) is 3.15. The number of rotatable bonds is 6. The smallest absolute Gasteiger partial charge is 0.240 e. The highest BCUT2D eigenvalue weighted by molar-refractivity contribution is 7.09. The molecule has 0 radical (unpaired) electrons. The maximum absolute atomic E-state index is 11.1. The Morgan fingerprint density at radius 2 is 1.88 bits per heavy atom. The van der Waals surface area contributed by atoms with E-state index in [2.05, 4.69) is 37.4 Å². The molecule has 0 aliphatic carbocycles. The van der Waals surface area contributed by atoms with Crippen LogP contribution in [0.1, 0.15) is 12.5 Å². The number of hydrogen-bond donors (Lipinski definition) is 3. The summed E-state index contributed by atoms with van der Waals surface area (Å²) in [5.74, 6) is 0.418. The molecule has 3 N–H and O–H groups in total. The highest BCUT2D eigenvalue weighted by atomic mass is 32.1. The molecule has 2 aromatic carbocycles. The van der Waals surface area contributed by atoms with Crippen LogP contribution < -0.4 is 16.0 Å². The summed E-state index contributed by atoms with van der Waals surface area (Å²) in [5.41, 5.74) is 2.73. The summed E-state index contributed by atoms with van der Waals surface area (Å²) in [6, 6.07) is 17.5. The predicted molar refractivity (Wildman–Crippen MR) is 97.7 cm³/mol. The Kier molecular flexibility index (Phi) is 5.02. The third-order valence-corrected chi connectivity index (χ3v) is 3.82. The van der Waals surface area contributed by atoms with Gasteiger partial charge in [0.05, 0.1) is 0 Å². The molecular formula is C17H17N5OS. The van der Waals surface area contributed by atoms with Crippen LogP contribution in [-0.2, 0) is 11.3 Å². The van der Waals surface area contributed by atoms with Crippen molar-refractivity contribution in [2.75, 3.05) is 16.0 Å². The van der Waals surface area contributed by atoms with Gasteiger partial charge in [-0.05, 0) is 23.8 Å². The Balaban J connectivity index is 1.60. The molecule has 0 saturated carbocycles. The van der Waals surface area contributed by atoms with Crippen LogP contribution in [0.15, 0.2) is 54.6 Å². The van der Waals surface area contributed by atoms with Crippen LogP contribution >= 0.6 is 11.5 Å². The Hall–Kier alpha value is -2.93. The van der Waals surface area contributed by atoms with Crippen molar-refractivity contribution in [2.24, 2.45) is 0 Å². The molecule has 3 rings (SSSR count). The lowest BCUT2D eigenvalue weighted by molar-refractivity contribution is -0.114. The van der Waals surface area contributed by atoms with E-state index in [9.17, 15) is 4.79 Å². The van der Waals surface area contributed by atoms with Gasteiger partial charge in [0.15, 0.2) is 0 Å². The highest BCUT2D eigenvalue weighted by Crippen LogP contribution is 2.21. The normalized spacial score (nSPS) is 10.2. The van der Waals surface area contributed by atoms with E-state index < -0.39 is 0 Å². The molecular weight excluding hydrogens is 322 g/mol. The minimum atomic E-state index is -0.105. The largest absolute Gasteiger partial charge is 0.356 e. The second kappa shape index (κ2) is 7.56. The summed E-state index contributed by atoms with van der Waals surface area (Å²) in [4.78, 5) is 15.5. The molecule has 0 aliphatic heterocycles. The van der Waals surface area contributed by atoms with E-state index in [-0.39, 0.29) is 5.91 Å². The first kappa shape index (κ1) is 15.9. The second-order valence-corrected chi connectivity index (χ2v) is 5.90. The van der Waals surface area contributed by atoms with Gasteiger partial charge in [0.25, 0.3) is 0 Å². The van der Waals surface area contributed by atoms with Gasteiger partial charge in [-0.25, -0.2) is 0 Å². The zero-order valence-electron chi connectivity index (χ0n) is 13.1. The maximum atomic E-state index is 11.1. The van der Waals surface area contributed by atoms with Crippen molar-refractivity contribution in [1.82, 2.24) is 9.36 Å². The van der Waals surface area contributed by atoms with Crippen molar-refractivity contribution in [2.45, 2.75) is 13.5 Å². The molecule has 7 heteroatoms. The Labute approximate surface area is 144 Å². The van der Waals surface area contributed by atoms with Crippen LogP contribution in [0.25, 0.3) is 0 Å². The van der Waals surface area contributed by atoms with E-state index in [1.54, 1.807) is 0 Å². The van der Waals surface area contributed by atoms with Gasteiger partial charge >= 0.3 is 0 Å². The van der Waals surface area contributed by atoms with Crippen molar-refractivity contribution >= 4 is 39.9 Å². The van der Waals surface area contributed by atoms with E-state index in [1.165, 1.54) is 24.0 Å². The molecule has 0 atom stereocenters. The number of aromatic nitrogens is 2. The molecule has 0 bridgehead atoms. The first-order valence-corrected chi connectivity index (χ1v) is 8.22. The van der Waals surface area contributed by atoms with Crippen LogP contribution in [0.2, 0.25) is 0 Å². The van der Waals surface area contributed by atoms with E-state index >= 15 is 0 Å². The van der Waals surface area contributed by atoms with Gasteiger partial charge < -0.3 is 16.0 Å². The number of amides is 1. The van der Waals surface area contributed by atoms with Gasteiger partial charge in [-0.2, -0.15) is 9.36 Å². The number of benzene rings is 2. The maximum Gasteiger partial charge on any atom is 0.240 e. The average Bonchev–Trinajstić information content (AvgIpc) is 3.01. The molecule has 0 aliphatic rings. The van der Waals surface area contributed by atoms with Gasteiger partial charge in [0, 0.05) is 36.4 Å². The fourth-order valence-corrected chi connectivity index (χ4v) is 2.65. The minimum Gasteiger partial charge on any atom is -0.356 e. The summed E-state index contributed by atoms with van der Waals surface area (Å²) < 4.78 is 4.28. The monoisotopic (exact) mass is 339 g/mol. The molecule has 1 aromatic heterocycles. The summed E-state index contributed by atoms with van der Waals surface area (Å²) in [5, 5.41) is 9.88. The SMILES string of the molecule is CC(=O)Nc1cccc(Nc2nsc(NCc3ccccc3)n2)c1. The fourth-order valence-electron chi connectivity index (χ4n) is 2.13. The van der Waals surface area contributed by atoms with E-state index in [4.69, 9.17) is 0 Å². The zero-order chi connectivity index (χ0) is 16.8. The lowest BCUT2D eigenvalue weighted by Crippen LogP contribution is -2.05. The van der Waals surface area contributed by atoms with Gasteiger partial charge in [-0.15, -0.1) is 0 Å². The topological polar surface area (TPSA) is 78.9 Å². The predicted octanol–water partition coefficient (Wildman–Crippen LogP) is 3.85. The number of anilines is 4. The van der Waals surface area contributed by atoms with Gasteiger partial charge in [-0.1, -0.05) is 36.4 Å². The lowest BCUT2D eigenvalue weighted by Gasteiger charge is -2.05. The van der Waals surface area contributed by atoms with Crippen LogP contribution in [0.5, 0.6) is 0 Å². The quantitative estimate of drug-likeness (QED) is 0.636. The number of carbonyl (C=O) groups is 1. The minimum absolute atomic E-state index is 0.105. The highest BCUT2D eigenvalue weighted by Gasteiger charge is 2.05. The van der Waals surface area contributed by atoms with Crippen LogP contribution in [-0.4, -0.2) is 15.3 Å². The molecule has 3 aromatic rings. The van der Waals surface area contributed by atoms with E-state index in [0.29, 0.717) is 12.5 Å². The van der Waals surface area contributed by atoms with Gasteiger partial charge in [0.2, 0.25) is 17.0 Å². The number of hydrogen-bond acceptors (Lipinski definition) is 6. The second-order valence-electron chi connectivity index (χ2n) is 5.15. The molecule has 6 nitrogen and oxygen atoms in total. The molecule has 1 amide bonds. The molecule has 1 heterocycles. The molecule has 0 unspecified atom stereocenters. The number of carbonyl (C=O) groups excluding carboxylic acids is 1. The van der Waals surface area contributed by atoms with Crippen molar-refractivity contribution in [3.63, 3.8) is 0 Å². The third kappa shape index (κ3) is 4.53. The summed E-state index contributed by atoms with van der Waals surface area (Å²) in [6.45, 7) is 2.18. The molecule has 24 heavy (non-hydrogen) atoms. The first-order chi connectivity index (χ1) is 11.7. The summed E-state index contributed by atoms with van der Waals surface area (Å²) in [7, 11) is 0. The van der Waals surface area contributed by atoms with E-state index in [0.717, 1.165) is 16.5 Å². The summed E-state index contributed by atoms with van der Waals surface area (Å²) in [6.07, 6.45) is 0. The molecule has 0 fully saturated rings. The standard InChI is InChI=1S/C17H17N5OS/c1-12(23)19-14-8-5-9-15(10-14)20-16-21-17(24-22-16)18-11-13-6-3-2-4-7-13/h2-10H,11H2,1H3,(H,19,23)(H2,18,20,21,22). The van der Waals surface area contributed by atoms with Gasteiger partial charge in [0.1, 0.15) is 0 Å². The first-order valence-electron chi connectivity index (χ1n) is 7.45. The van der Waals surface area contributed by atoms with Crippen molar-refractivity contribution in [3.8, 4) is 0 Å². The van der Waals surface area contributed by atoms with Crippen LogP contribution in [0.4, 0.5) is 22.5 Å². The Bertz CT molecular complexity index is 819. The van der Waals surface area contributed by atoms with Crippen LogP contribution in [0, 0.1) is 0 Å². The molecule has 0 spiro atoms. The van der Waals surface area contributed by atoms with Crippen molar-refractivity contribution in [1.29, 1.82) is 0 Å². The number of nitrogens with zero attached hydrogens (tertiary/aromatic N) is 2. The van der Waals surface area contributed by atoms with E-state index in [1.807, 2.05) is 42.5 Å². The van der Waals surface area contributed by atoms with Crippen molar-refractivity contribution in [3.05, 3.63) is 60.2 Å². The molecule has 122 valence electrons. The van der Waals surface area contributed by atoms with Crippen LogP contribution in [0.3, 0.4) is 0 Å². The average molecular weight is 339 g/mol. The van der Waals surface area contributed by atoms with Crippen molar-refractivity contribution < 1.29 is 4.79 Å². The lowest BCUT2D eigenvalue weighted by atomic mass is 10.2. The Morgan fingerprint density at radius 3 is 2.67 bits per heavy atom. The van der Waals surface area contributed by atoms with Gasteiger partial charge in [-0.3, -0.25) is 4.79 Å². The summed E-state index contributed by atoms with van der Waals surface area (Å²) >= 11 is 1.30. The zero-order valence-corrected chi connectivity index (χ0v) is 13.9. The fraction of sp³-hybridized carbons (Fsp3) is 0.118. The Morgan fingerprint density at radius 1 is 1.08 bits per heavy atom. The molecule has 0 saturated heterocycles. The number of nitrogens with one attached hydrogen (secondary N) is 3.